The van der Waals surface area contributed by atoms with Crippen LogP contribution in [0, 0.1) is 0 Å². The highest BCUT2D eigenvalue weighted by molar-refractivity contribution is 6.23. The van der Waals surface area contributed by atoms with Crippen molar-refractivity contribution in [2.24, 2.45) is 0 Å². The monoisotopic (exact) mass is 419 g/mol. The molecule has 2 aliphatic heterocycles. The van der Waals surface area contributed by atoms with E-state index in [9.17, 15) is 22.8 Å². The third-order valence-corrected chi connectivity index (χ3v) is 5.18. The van der Waals surface area contributed by atoms with Crippen LogP contribution in [0.5, 0.6) is 0 Å². The Morgan fingerprint density at radius 2 is 1.63 bits per heavy atom. The number of rotatable bonds is 4. The first-order valence-corrected chi connectivity index (χ1v) is 9.57. The fourth-order valence-electron chi connectivity index (χ4n) is 3.70. The predicted octanol–water partition coefficient (Wildman–Crippen LogP) is 3.29. The number of halogens is 3. The number of morpholine rings is 1. The van der Waals surface area contributed by atoms with Gasteiger partial charge in [0.15, 0.2) is 0 Å². The van der Waals surface area contributed by atoms with Crippen LogP contribution in [0.2, 0.25) is 0 Å². The first kappa shape index (κ1) is 20.2. The zero-order chi connectivity index (χ0) is 21.3. The highest BCUT2D eigenvalue weighted by Gasteiger charge is 2.44. The third-order valence-electron chi connectivity index (χ3n) is 5.18. The van der Waals surface area contributed by atoms with Crippen molar-refractivity contribution in [1.29, 1.82) is 0 Å². The van der Waals surface area contributed by atoms with Gasteiger partial charge in [0.1, 0.15) is 6.04 Å². The Morgan fingerprint density at radius 3 is 2.30 bits per heavy atom. The molecule has 6 nitrogen and oxygen atoms in total. The van der Waals surface area contributed by atoms with Gasteiger partial charge in [-0.1, -0.05) is 12.1 Å². The third kappa shape index (κ3) is 3.97. The summed E-state index contributed by atoms with van der Waals surface area (Å²) in [5.74, 6) is -1.37. The quantitative estimate of drug-likeness (QED) is 0.771. The van der Waals surface area contributed by atoms with E-state index in [4.69, 9.17) is 4.74 Å². The number of hydrogen-bond donors (Lipinski definition) is 1. The van der Waals surface area contributed by atoms with E-state index < -0.39 is 35.3 Å². The molecular weight excluding hydrogens is 399 g/mol. The lowest BCUT2D eigenvalue weighted by Gasteiger charge is -2.29. The second kappa shape index (κ2) is 7.98. The van der Waals surface area contributed by atoms with Gasteiger partial charge in [-0.15, -0.1) is 0 Å². The van der Waals surface area contributed by atoms with Crippen LogP contribution in [0.25, 0.3) is 0 Å². The largest absolute Gasteiger partial charge is 0.418 e. The van der Waals surface area contributed by atoms with Gasteiger partial charge < -0.3 is 15.0 Å². The van der Waals surface area contributed by atoms with Gasteiger partial charge in [-0.25, -0.2) is 4.90 Å². The van der Waals surface area contributed by atoms with Crippen molar-refractivity contribution in [2.75, 3.05) is 41.4 Å². The van der Waals surface area contributed by atoms with Crippen molar-refractivity contribution in [2.45, 2.75) is 18.6 Å². The summed E-state index contributed by atoms with van der Waals surface area (Å²) >= 11 is 0. The number of benzene rings is 2. The van der Waals surface area contributed by atoms with E-state index in [-0.39, 0.29) is 6.42 Å². The second-order valence-electron chi connectivity index (χ2n) is 7.13. The molecule has 9 heteroatoms. The number of carbonyl (C=O) groups excluding carboxylic acids is 2. The maximum Gasteiger partial charge on any atom is 0.418 e. The minimum atomic E-state index is -4.67. The molecule has 2 fully saturated rings. The Morgan fingerprint density at radius 1 is 0.967 bits per heavy atom. The van der Waals surface area contributed by atoms with Crippen LogP contribution in [-0.2, 0) is 20.5 Å². The number of carbonyl (C=O) groups is 2. The zero-order valence-electron chi connectivity index (χ0n) is 16.0. The Hall–Kier alpha value is -3.07. The van der Waals surface area contributed by atoms with Gasteiger partial charge in [0.2, 0.25) is 5.91 Å². The number of alkyl halides is 3. The van der Waals surface area contributed by atoms with E-state index in [2.05, 4.69) is 10.2 Å². The summed E-state index contributed by atoms with van der Waals surface area (Å²) in [6.45, 7) is 2.90. The molecule has 0 spiro atoms. The van der Waals surface area contributed by atoms with Crippen LogP contribution in [0.1, 0.15) is 12.0 Å². The van der Waals surface area contributed by atoms with Gasteiger partial charge in [0.05, 0.1) is 30.9 Å². The van der Waals surface area contributed by atoms with Crippen molar-refractivity contribution >= 4 is 28.9 Å². The number of para-hydroxylation sites is 1. The molecule has 2 amide bonds. The van der Waals surface area contributed by atoms with Crippen molar-refractivity contribution in [1.82, 2.24) is 0 Å². The maximum absolute atomic E-state index is 13.3. The summed E-state index contributed by atoms with van der Waals surface area (Å²) < 4.78 is 45.3. The molecule has 0 aromatic heterocycles. The molecular formula is C21H20F3N3O3. The van der Waals surface area contributed by atoms with Gasteiger partial charge in [-0.2, -0.15) is 13.2 Å². The average molecular weight is 419 g/mol. The number of anilines is 3. The topological polar surface area (TPSA) is 61.9 Å². The highest BCUT2D eigenvalue weighted by atomic mass is 19.4. The lowest BCUT2D eigenvalue weighted by molar-refractivity contribution is -0.137. The summed E-state index contributed by atoms with van der Waals surface area (Å²) in [5.41, 5.74) is 0.178. The molecule has 4 rings (SSSR count). The Bertz CT molecular complexity index is 941. The number of hydrogen-bond acceptors (Lipinski definition) is 5. The Kier molecular flexibility index (Phi) is 5.38. The van der Waals surface area contributed by atoms with E-state index in [1.54, 1.807) is 12.1 Å². The van der Waals surface area contributed by atoms with Gasteiger partial charge in [-0.3, -0.25) is 9.59 Å². The lowest BCUT2D eigenvalue weighted by Crippen LogP contribution is -2.36. The molecule has 30 heavy (non-hydrogen) atoms. The van der Waals surface area contributed by atoms with Crippen LogP contribution in [0.3, 0.4) is 0 Å². The first-order chi connectivity index (χ1) is 14.3. The molecule has 2 heterocycles. The van der Waals surface area contributed by atoms with Crippen molar-refractivity contribution < 1.29 is 27.5 Å². The molecule has 158 valence electrons. The molecule has 2 aliphatic rings. The Balaban J connectivity index is 1.50. The molecule has 0 radical (unpaired) electrons. The summed E-state index contributed by atoms with van der Waals surface area (Å²) in [7, 11) is 0. The van der Waals surface area contributed by atoms with E-state index in [0.29, 0.717) is 23.8 Å². The van der Waals surface area contributed by atoms with E-state index in [1.165, 1.54) is 12.1 Å². The van der Waals surface area contributed by atoms with Crippen LogP contribution in [0.15, 0.2) is 48.5 Å². The number of nitrogens with one attached hydrogen (secondary N) is 1. The minimum Gasteiger partial charge on any atom is -0.378 e. The lowest BCUT2D eigenvalue weighted by atomic mass is 10.1. The summed E-state index contributed by atoms with van der Waals surface area (Å²) in [5, 5.41) is 2.97. The molecule has 0 saturated carbocycles. The highest BCUT2D eigenvalue weighted by Crippen LogP contribution is 2.38. The summed E-state index contributed by atoms with van der Waals surface area (Å²) in [6, 6.07) is 11.0. The zero-order valence-corrected chi connectivity index (χ0v) is 16.0. The molecule has 1 N–H and O–H groups in total. The molecule has 0 bridgehead atoms. The van der Waals surface area contributed by atoms with Gasteiger partial charge in [-0.05, 0) is 36.4 Å². The van der Waals surface area contributed by atoms with Crippen LogP contribution in [0.4, 0.5) is 30.2 Å². The number of imide groups is 1. The van der Waals surface area contributed by atoms with Crippen molar-refractivity contribution in [3.05, 3.63) is 54.1 Å². The van der Waals surface area contributed by atoms with Crippen LogP contribution < -0.4 is 15.1 Å². The molecule has 1 unspecified atom stereocenters. The number of nitrogens with zero attached hydrogens (tertiary/aromatic N) is 2. The molecule has 2 aromatic rings. The first-order valence-electron chi connectivity index (χ1n) is 9.57. The molecule has 2 aromatic carbocycles. The molecule has 1 atom stereocenters. The summed E-state index contributed by atoms with van der Waals surface area (Å²) in [4.78, 5) is 28.0. The van der Waals surface area contributed by atoms with Crippen LogP contribution >= 0.6 is 0 Å². The average Bonchev–Trinajstić information content (AvgIpc) is 3.01. The van der Waals surface area contributed by atoms with E-state index >= 15 is 0 Å². The second-order valence-corrected chi connectivity index (χ2v) is 7.13. The fraction of sp³-hybridized carbons (Fsp3) is 0.333. The van der Waals surface area contributed by atoms with Crippen molar-refractivity contribution in [3.63, 3.8) is 0 Å². The molecule has 0 aliphatic carbocycles. The van der Waals surface area contributed by atoms with Crippen LogP contribution in [-0.4, -0.2) is 44.2 Å². The van der Waals surface area contributed by atoms with E-state index in [0.717, 1.165) is 30.9 Å². The smallest absolute Gasteiger partial charge is 0.378 e. The minimum absolute atomic E-state index is 0.212. The van der Waals surface area contributed by atoms with Gasteiger partial charge >= 0.3 is 6.18 Å². The Labute approximate surface area is 171 Å². The van der Waals surface area contributed by atoms with Gasteiger partial charge in [0, 0.05) is 24.5 Å². The standard InChI is InChI=1S/C21H20F3N3O3/c22-21(23,24)16-3-1-2-4-18(16)27-19(28)13-17(20(27)29)25-14-5-7-15(8-6-14)26-9-11-30-12-10-26/h1-8,17,25H,9-13H2. The molecule has 2 saturated heterocycles. The predicted molar refractivity (Wildman–Crippen MR) is 105 cm³/mol. The normalized spacial score (nSPS) is 20.0. The number of ether oxygens (including phenoxy) is 1. The maximum atomic E-state index is 13.3. The number of amides is 2. The van der Waals surface area contributed by atoms with Crippen molar-refractivity contribution in [3.8, 4) is 0 Å². The summed E-state index contributed by atoms with van der Waals surface area (Å²) in [6.07, 6.45) is -4.88. The fourth-order valence-corrected chi connectivity index (χ4v) is 3.70. The van der Waals surface area contributed by atoms with Gasteiger partial charge in [0.25, 0.3) is 5.91 Å². The SMILES string of the molecule is O=C1CC(Nc2ccc(N3CCOCC3)cc2)C(=O)N1c1ccccc1C(F)(F)F. The van der Waals surface area contributed by atoms with E-state index in [1.807, 2.05) is 12.1 Å².